The quantitative estimate of drug-likeness (QED) is 0.409. The molecule has 0 amide bonds. The molecule has 28 heavy (non-hydrogen) atoms. The normalized spacial score (nSPS) is 44.8. The van der Waals surface area contributed by atoms with Crippen LogP contribution in [0.4, 0.5) is 17.6 Å². The first kappa shape index (κ1) is 21.9. The van der Waals surface area contributed by atoms with Crippen LogP contribution in [-0.4, -0.2) is 36.8 Å². The summed E-state index contributed by atoms with van der Waals surface area (Å²) in [7, 11) is 0. The summed E-state index contributed by atoms with van der Waals surface area (Å²) in [6.45, 7) is 2.18. The van der Waals surface area contributed by atoms with Gasteiger partial charge in [-0.05, 0) is 69.1 Å². The summed E-state index contributed by atoms with van der Waals surface area (Å²) in [6.07, 6.45) is -0.497. The van der Waals surface area contributed by atoms with Gasteiger partial charge in [-0.25, -0.2) is 17.6 Å². The Kier molecular flexibility index (Phi) is 7.66. The Morgan fingerprint density at radius 3 is 2.07 bits per heavy atom. The Morgan fingerprint density at radius 2 is 1.50 bits per heavy atom. The highest BCUT2D eigenvalue weighted by molar-refractivity contribution is 5.72. The Morgan fingerprint density at radius 1 is 0.857 bits per heavy atom. The van der Waals surface area contributed by atoms with Crippen molar-refractivity contribution in [1.82, 2.24) is 0 Å². The number of carbonyl (C=O) groups excluding carboxylic acids is 1. The lowest BCUT2D eigenvalue weighted by molar-refractivity contribution is -0.159. The molecule has 0 aromatic carbocycles. The van der Waals surface area contributed by atoms with E-state index in [1.807, 2.05) is 0 Å². The topological polar surface area (TPSA) is 26.3 Å². The lowest BCUT2D eigenvalue weighted by atomic mass is 9.70. The highest BCUT2D eigenvalue weighted by atomic mass is 19.2. The van der Waals surface area contributed by atoms with Crippen LogP contribution in [0, 0.1) is 23.7 Å². The van der Waals surface area contributed by atoms with Crippen LogP contribution in [0.1, 0.15) is 77.6 Å². The van der Waals surface area contributed by atoms with Crippen LogP contribution in [0.5, 0.6) is 0 Å². The number of esters is 1. The molecule has 0 heterocycles. The molecule has 2 nitrogen and oxygen atoms in total. The van der Waals surface area contributed by atoms with Crippen molar-refractivity contribution in [2.75, 3.05) is 0 Å². The molecule has 3 saturated carbocycles. The van der Waals surface area contributed by atoms with E-state index in [-0.39, 0.29) is 31.1 Å². The van der Waals surface area contributed by atoms with Crippen molar-refractivity contribution in [2.24, 2.45) is 23.7 Å². The van der Waals surface area contributed by atoms with Crippen molar-refractivity contribution in [3.8, 4) is 0 Å². The largest absolute Gasteiger partial charge is 0.462 e. The minimum Gasteiger partial charge on any atom is -0.462 e. The summed E-state index contributed by atoms with van der Waals surface area (Å²) >= 11 is 0. The lowest BCUT2D eigenvalue weighted by Gasteiger charge is -2.40. The van der Waals surface area contributed by atoms with E-state index < -0.39 is 42.6 Å². The number of hydrogen-bond donors (Lipinski definition) is 0. The number of rotatable bonds is 5. The van der Waals surface area contributed by atoms with Gasteiger partial charge in [-0.15, -0.1) is 0 Å². The van der Waals surface area contributed by atoms with E-state index in [1.54, 1.807) is 0 Å². The minimum absolute atomic E-state index is 0.0803. The van der Waals surface area contributed by atoms with Crippen LogP contribution in [0.25, 0.3) is 0 Å². The van der Waals surface area contributed by atoms with E-state index in [0.717, 1.165) is 25.7 Å². The number of ether oxygens (including phenoxy) is 1. The van der Waals surface area contributed by atoms with Crippen LogP contribution in [0.15, 0.2) is 0 Å². The maximum absolute atomic E-state index is 14.7. The van der Waals surface area contributed by atoms with E-state index in [1.165, 1.54) is 12.8 Å². The Labute approximate surface area is 165 Å². The Balaban J connectivity index is 1.44. The van der Waals surface area contributed by atoms with E-state index in [0.29, 0.717) is 18.8 Å². The predicted molar refractivity (Wildman–Crippen MR) is 99.9 cm³/mol. The van der Waals surface area contributed by atoms with E-state index in [4.69, 9.17) is 4.74 Å². The standard InChI is InChI=1S/C22H34F4O2/c1-2-3-13-4-6-14(7-5-13)22(27)28-16-8-9-17(18(23)12-16)15-10-19(24)21(26)20(25)11-15/h13-21H,2-12H2,1H3. The molecule has 6 heteroatoms. The molecule has 0 aromatic heterocycles. The maximum atomic E-state index is 14.7. The zero-order chi connectivity index (χ0) is 20.3. The molecule has 0 aliphatic heterocycles. The van der Waals surface area contributed by atoms with Gasteiger partial charge in [0.05, 0.1) is 5.92 Å². The van der Waals surface area contributed by atoms with Crippen LogP contribution >= 0.6 is 0 Å². The van der Waals surface area contributed by atoms with Gasteiger partial charge in [0.25, 0.3) is 0 Å². The second-order valence-electron chi connectivity index (χ2n) is 9.27. The van der Waals surface area contributed by atoms with Gasteiger partial charge in [-0.2, -0.15) is 0 Å². The van der Waals surface area contributed by atoms with Crippen molar-refractivity contribution in [1.29, 1.82) is 0 Å². The molecule has 0 N–H and O–H groups in total. The molecule has 3 aliphatic carbocycles. The smallest absolute Gasteiger partial charge is 0.309 e. The number of alkyl halides is 4. The van der Waals surface area contributed by atoms with Crippen molar-refractivity contribution in [2.45, 2.75) is 108 Å². The molecular formula is C22H34F4O2. The molecule has 0 bridgehead atoms. The van der Waals surface area contributed by atoms with Crippen molar-refractivity contribution in [3.05, 3.63) is 0 Å². The second-order valence-corrected chi connectivity index (χ2v) is 9.27. The molecule has 3 rings (SSSR count). The molecule has 0 aromatic rings. The zero-order valence-electron chi connectivity index (χ0n) is 16.8. The van der Waals surface area contributed by atoms with Gasteiger partial charge in [0.1, 0.15) is 24.6 Å². The van der Waals surface area contributed by atoms with Crippen LogP contribution < -0.4 is 0 Å². The first-order chi connectivity index (χ1) is 13.4. The van der Waals surface area contributed by atoms with Crippen LogP contribution in [0.2, 0.25) is 0 Å². The molecule has 0 saturated heterocycles. The van der Waals surface area contributed by atoms with Gasteiger partial charge in [0, 0.05) is 6.42 Å². The molecule has 3 aliphatic rings. The molecule has 5 atom stereocenters. The van der Waals surface area contributed by atoms with E-state index >= 15 is 0 Å². The first-order valence-electron chi connectivity index (χ1n) is 11.2. The summed E-state index contributed by atoms with van der Waals surface area (Å²) in [5.74, 6) is -0.529. The van der Waals surface area contributed by atoms with Crippen LogP contribution in [-0.2, 0) is 9.53 Å². The van der Waals surface area contributed by atoms with E-state index in [2.05, 4.69) is 6.92 Å². The highest BCUT2D eigenvalue weighted by Gasteiger charge is 2.45. The fourth-order valence-electron chi connectivity index (χ4n) is 5.61. The average Bonchev–Trinajstić information content (AvgIpc) is 2.66. The molecule has 0 spiro atoms. The van der Waals surface area contributed by atoms with E-state index in [9.17, 15) is 22.4 Å². The third-order valence-corrected chi connectivity index (χ3v) is 7.29. The predicted octanol–water partition coefficient (Wildman–Crippen LogP) is 6.07. The fraction of sp³-hybridized carbons (Fsp3) is 0.955. The number of halogens is 4. The summed E-state index contributed by atoms with van der Waals surface area (Å²) in [5, 5.41) is 0. The van der Waals surface area contributed by atoms with Crippen molar-refractivity contribution < 1.29 is 27.1 Å². The van der Waals surface area contributed by atoms with Gasteiger partial charge in [-0.1, -0.05) is 19.8 Å². The molecule has 162 valence electrons. The first-order valence-corrected chi connectivity index (χ1v) is 11.2. The number of hydrogen-bond acceptors (Lipinski definition) is 2. The minimum atomic E-state index is -2.08. The molecule has 0 radical (unpaired) electrons. The maximum Gasteiger partial charge on any atom is 0.309 e. The summed E-state index contributed by atoms with van der Waals surface area (Å²) < 4.78 is 61.1. The lowest BCUT2D eigenvalue weighted by Crippen LogP contribution is -2.44. The SMILES string of the molecule is CCCC1CCC(C(=O)OC2CCC(C3CC(F)C(F)C(F)C3)C(F)C2)CC1. The third kappa shape index (κ3) is 5.21. The van der Waals surface area contributed by atoms with Gasteiger partial charge in [-0.3, -0.25) is 4.79 Å². The van der Waals surface area contributed by atoms with Gasteiger partial charge < -0.3 is 4.74 Å². The molecule has 5 unspecified atom stereocenters. The summed E-state index contributed by atoms with van der Waals surface area (Å²) in [4.78, 5) is 12.5. The van der Waals surface area contributed by atoms with Gasteiger partial charge in [0.15, 0.2) is 6.17 Å². The highest BCUT2D eigenvalue weighted by Crippen LogP contribution is 2.43. The van der Waals surface area contributed by atoms with Crippen LogP contribution in [0.3, 0.4) is 0 Å². The van der Waals surface area contributed by atoms with Crippen molar-refractivity contribution in [3.63, 3.8) is 0 Å². The number of carbonyl (C=O) groups is 1. The van der Waals surface area contributed by atoms with Gasteiger partial charge in [0.2, 0.25) is 0 Å². The molecule has 3 fully saturated rings. The summed E-state index contributed by atoms with van der Waals surface area (Å²) in [5.41, 5.74) is 0. The summed E-state index contributed by atoms with van der Waals surface area (Å²) in [6, 6.07) is 0. The fourth-order valence-corrected chi connectivity index (χ4v) is 5.61. The second kappa shape index (κ2) is 9.80. The Bertz CT molecular complexity index is 497. The average molecular weight is 407 g/mol. The monoisotopic (exact) mass is 406 g/mol. The zero-order valence-corrected chi connectivity index (χ0v) is 16.8. The van der Waals surface area contributed by atoms with Gasteiger partial charge >= 0.3 is 5.97 Å². The Hall–Kier alpha value is -0.810. The van der Waals surface area contributed by atoms with Crippen molar-refractivity contribution >= 4 is 5.97 Å². The molecular weight excluding hydrogens is 372 g/mol. The third-order valence-electron chi connectivity index (χ3n) is 7.29.